The molecule has 0 aromatic heterocycles. The number of benzene rings is 2. The summed E-state index contributed by atoms with van der Waals surface area (Å²) in [5.41, 5.74) is 4.92. The van der Waals surface area contributed by atoms with Gasteiger partial charge >= 0.3 is 0 Å². The Morgan fingerprint density at radius 1 is 1.03 bits per heavy atom. The van der Waals surface area contributed by atoms with E-state index >= 15 is 0 Å². The Hall–Kier alpha value is -2.63. The minimum absolute atomic E-state index is 0.148. The van der Waals surface area contributed by atoms with Gasteiger partial charge in [0.15, 0.2) is 6.54 Å². The maximum absolute atomic E-state index is 12.3. The first-order valence-electron chi connectivity index (χ1n) is 11.9. The van der Waals surface area contributed by atoms with Gasteiger partial charge in [-0.1, -0.05) is 42.5 Å². The van der Waals surface area contributed by atoms with Crippen LogP contribution in [0, 0.1) is 20.8 Å². The van der Waals surface area contributed by atoms with Crippen molar-refractivity contribution in [2.75, 3.05) is 52.4 Å². The van der Waals surface area contributed by atoms with E-state index in [1.54, 1.807) is 4.90 Å². The number of aryl methyl sites for hydroxylation is 2. The van der Waals surface area contributed by atoms with Gasteiger partial charge in [0, 0.05) is 6.54 Å². The van der Waals surface area contributed by atoms with Gasteiger partial charge in [0.1, 0.15) is 31.9 Å². The van der Waals surface area contributed by atoms with Crippen LogP contribution >= 0.6 is 0 Å². The van der Waals surface area contributed by atoms with Gasteiger partial charge in [-0.2, -0.15) is 0 Å². The molecule has 5 heteroatoms. The molecular formula is C27H39N3O2+2. The topological polar surface area (TPSA) is 47.2 Å². The molecule has 0 unspecified atom stereocenters. The number of piperazine rings is 1. The van der Waals surface area contributed by atoms with E-state index in [0.29, 0.717) is 19.7 Å². The van der Waals surface area contributed by atoms with E-state index in [1.165, 1.54) is 27.2 Å². The molecule has 0 bridgehead atoms. The third-order valence-corrected chi connectivity index (χ3v) is 6.26. The second kappa shape index (κ2) is 12.4. The van der Waals surface area contributed by atoms with Gasteiger partial charge in [0.05, 0.1) is 13.2 Å². The van der Waals surface area contributed by atoms with E-state index in [2.05, 4.69) is 74.6 Å². The van der Waals surface area contributed by atoms with Crippen molar-refractivity contribution in [3.05, 3.63) is 70.8 Å². The molecule has 2 aromatic rings. The van der Waals surface area contributed by atoms with E-state index in [0.717, 1.165) is 44.9 Å². The number of hydrogen-bond acceptors (Lipinski definition) is 2. The van der Waals surface area contributed by atoms with Gasteiger partial charge in [-0.05, 0) is 61.6 Å². The minimum Gasteiger partial charge on any atom is -0.493 e. The molecule has 32 heavy (non-hydrogen) atoms. The molecule has 0 spiro atoms. The van der Waals surface area contributed by atoms with E-state index in [4.69, 9.17) is 4.74 Å². The van der Waals surface area contributed by atoms with Crippen LogP contribution in [0.2, 0.25) is 0 Å². The highest BCUT2D eigenvalue weighted by Gasteiger charge is 2.23. The average molecular weight is 438 g/mol. The van der Waals surface area contributed by atoms with Crippen LogP contribution in [0.1, 0.15) is 28.7 Å². The maximum Gasteiger partial charge on any atom is 0.275 e. The summed E-state index contributed by atoms with van der Waals surface area (Å²) in [7, 11) is 0. The fourth-order valence-corrected chi connectivity index (χ4v) is 4.19. The lowest BCUT2D eigenvalue weighted by Crippen LogP contribution is -3.28. The molecule has 5 nitrogen and oxygen atoms in total. The molecule has 1 heterocycles. The lowest BCUT2D eigenvalue weighted by molar-refractivity contribution is -1.01. The summed E-state index contributed by atoms with van der Waals surface area (Å²) in [6.45, 7) is 13.5. The van der Waals surface area contributed by atoms with Crippen molar-refractivity contribution < 1.29 is 19.3 Å². The summed E-state index contributed by atoms with van der Waals surface area (Å²) >= 11 is 0. The van der Waals surface area contributed by atoms with Crippen LogP contribution in [0.3, 0.4) is 0 Å². The smallest absolute Gasteiger partial charge is 0.275 e. The van der Waals surface area contributed by atoms with Gasteiger partial charge in [0.2, 0.25) is 0 Å². The number of quaternary nitrogens is 2. The molecule has 1 amide bonds. The Morgan fingerprint density at radius 2 is 1.75 bits per heavy atom. The summed E-state index contributed by atoms with van der Waals surface area (Å²) in [5, 5.41) is 3.06. The second-order valence-electron chi connectivity index (χ2n) is 8.95. The first kappa shape index (κ1) is 24.0. The highest BCUT2D eigenvalue weighted by molar-refractivity contribution is 5.76. The summed E-state index contributed by atoms with van der Waals surface area (Å²) < 4.78 is 5.94. The molecule has 1 aliphatic rings. The molecule has 0 atom stereocenters. The molecular weight excluding hydrogens is 398 g/mol. The molecule has 172 valence electrons. The lowest BCUT2D eigenvalue weighted by Gasteiger charge is -2.28. The third kappa shape index (κ3) is 7.81. The van der Waals surface area contributed by atoms with Crippen molar-refractivity contribution in [1.29, 1.82) is 0 Å². The van der Waals surface area contributed by atoms with Crippen LogP contribution in [0.4, 0.5) is 0 Å². The SMILES string of the molecule is Cc1cc(C)c(C)c(OCCCNC(=O)C[NH+]2CC[NH+](C/C=C/c3ccccc3)CC2)c1. The predicted molar refractivity (Wildman–Crippen MR) is 130 cm³/mol. The fourth-order valence-electron chi connectivity index (χ4n) is 4.19. The highest BCUT2D eigenvalue weighted by Crippen LogP contribution is 2.23. The fraction of sp³-hybridized carbons (Fsp3) is 0.444. The molecule has 1 aliphatic heterocycles. The molecule has 1 fully saturated rings. The first-order chi connectivity index (χ1) is 15.5. The van der Waals surface area contributed by atoms with Crippen molar-refractivity contribution in [1.82, 2.24) is 5.32 Å². The number of carbonyl (C=O) groups excluding carboxylic acids is 1. The molecule has 2 aromatic carbocycles. The molecule has 0 saturated carbocycles. The van der Waals surface area contributed by atoms with E-state index in [9.17, 15) is 4.79 Å². The van der Waals surface area contributed by atoms with Crippen molar-refractivity contribution in [2.24, 2.45) is 0 Å². The Morgan fingerprint density at radius 3 is 2.50 bits per heavy atom. The van der Waals surface area contributed by atoms with Gasteiger partial charge in [0.25, 0.3) is 5.91 Å². The van der Waals surface area contributed by atoms with Crippen molar-refractivity contribution >= 4 is 12.0 Å². The number of carbonyl (C=O) groups is 1. The van der Waals surface area contributed by atoms with E-state index in [1.807, 2.05) is 6.07 Å². The number of nitrogens with one attached hydrogen (secondary N) is 3. The second-order valence-corrected chi connectivity index (χ2v) is 8.95. The predicted octanol–water partition coefficient (Wildman–Crippen LogP) is 0.994. The third-order valence-electron chi connectivity index (χ3n) is 6.26. The standard InChI is InChI=1S/C27H37N3O2/c1-22-19-23(2)24(3)26(20-22)32-18-8-12-28-27(31)21-30-16-14-29(15-17-30)13-7-11-25-9-5-4-6-10-25/h4-7,9-11,19-20H,8,12-18,21H2,1-3H3,(H,28,31)/p+2/b11-7+. The average Bonchev–Trinajstić information content (AvgIpc) is 2.78. The summed E-state index contributed by atoms with van der Waals surface area (Å²) in [4.78, 5) is 15.3. The van der Waals surface area contributed by atoms with Crippen LogP contribution in [-0.4, -0.2) is 58.3 Å². The normalized spacial score (nSPS) is 18.6. The molecule has 0 aliphatic carbocycles. The largest absolute Gasteiger partial charge is 0.493 e. The number of ether oxygens (including phenoxy) is 1. The number of hydrogen-bond donors (Lipinski definition) is 3. The Bertz CT molecular complexity index is 887. The van der Waals surface area contributed by atoms with Crippen LogP contribution in [0.5, 0.6) is 5.75 Å². The number of amides is 1. The molecule has 1 saturated heterocycles. The van der Waals surface area contributed by atoms with Gasteiger partial charge in [-0.15, -0.1) is 0 Å². The van der Waals surface area contributed by atoms with E-state index in [-0.39, 0.29) is 5.91 Å². The van der Waals surface area contributed by atoms with Gasteiger partial charge < -0.3 is 19.9 Å². The minimum atomic E-state index is 0.148. The summed E-state index contributed by atoms with van der Waals surface area (Å²) in [6.07, 6.45) is 5.29. The quantitative estimate of drug-likeness (QED) is 0.486. The molecule has 0 radical (unpaired) electrons. The molecule has 3 N–H and O–H groups in total. The zero-order valence-electron chi connectivity index (χ0n) is 19.9. The summed E-state index contributed by atoms with van der Waals surface area (Å²) in [6, 6.07) is 14.7. The van der Waals surface area contributed by atoms with Gasteiger partial charge in [-0.25, -0.2) is 0 Å². The maximum atomic E-state index is 12.3. The van der Waals surface area contributed by atoms with Crippen LogP contribution < -0.4 is 19.9 Å². The summed E-state index contributed by atoms with van der Waals surface area (Å²) in [5.74, 6) is 1.10. The zero-order valence-corrected chi connectivity index (χ0v) is 19.9. The van der Waals surface area contributed by atoms with Crippen molar-refractivity contribution in [2.45, 2.75) is 27.2 Å². The van der Waals surface area contributed by atoms with Gasteiger partial charge in [-0.3, -0.25) is 4.79 Å². The van der Waals surface area contributed by atoms with Crippen LogP contribution in [-0.2, 0) is 4.79 Å². The van der Waals surface area contributed by atoms with Crippen LogP contribution in [0.15, 0.2) is 48.5 Å². The lowest BCUT2D eigenvalue weighted by atomic mass is 10.1. The zero-order chi connectivity index (χ0) is 22.8. The van der Waals surface area contributed by atoms with Crippen molar-refractivity contribution in [3.63, 3.8) is 0 Å². The van der Waals surface area contributed by atoms with Crippen molar-refractivity contribution in [3.8, 4) is 5.75 Å². The van der Waals surface area contributed by atoms with E-state index < -0.39 is 0 Å². The first-order valence-corrected chi connectivity index (χ1v) is 11.9. The molecule has 3 rings (SSSR count). The Kier molecular flexibility index (Phi) is 9.32. The Balaban J connectivity index is 1.26. The highest BCUT2D eigenvalue weighted by atomic mass is 16.5. The number of rotatable bonds is 10. The Labute approximate surface area is 193 Å². The monoisotopic (exact) mass is 437 g/mol. The van der Waals surface area contributed by atoms with Crippen LogP contribution in [0.25, 0.3) is 6.08 Å².